The molecule has 0 aromatic carbocycles. The monoisotopic (exact) mass is 319 g/mol. The molecule has 0 aliphatic carbocycles. The minimum Gasteiger partial charge on any atom is -0.394 e. The Morgan fingerprint density at radius 3 is 2.88 bits per heavy atom. The Kier molecular flexibility index (Phi) is 6.77. The zero-order valence-corrected chi connectivity index (χ0v) is 12.3. The molecular weight excluding hydrogens is 302 g/mol. The second-order valence-electron chi connectivity index (χ2n) is 3.91. The van der Waals surface area contributed by atoms with E-state index in [0.717, 1.165) is 23.0 Å². The van der Waals surface area contributed by atoms with Crippen LogP contribution in [0.5, 0.6) is 0 Å². The molecule has 0 saturated carbocycles. The maximum Gasteiger partial charge on any atom is 0.220 e. The molecule has 0 aliphatic heterocycles. The summed E-state index contributed by atoms with van der Waals surface area (Å²) in [6.45, 7) is 1.96. The maximum absolute atomic E-state index is 11.5. The van der Waals surface area contributed by atoms with Gasteiger partial charge in [0, 0.05) is 11.3 Å². The van der Waals surface area contributed by atoms with Crippen LogP contribution in [0.4, 0.5) is 0 Å². The molecule has 1 aromatic rings. The molecule has 0 aliphatic rings. The number of aryl methyl sites for hydroxylation is 1. The smallest absolute Gasteiger partial charge is 0.220 e. The van der Waals surface area contributed by atoms with Gasteiger partial charge in [0.05, 0.1) is 16.4 Å². The van der Waals surface area contributed by atoms with Crippen molar-refractivity contribution in [3.05, 3.63) is 20.8 Å². The average Bonchev–Trinajstić information content (AvgIpc) is 2.72. The molecule has 0 saturated heterocycles. The summed E-state index contributed by atoms with van der Waals surface area (Å²) in [6.07, 6.45) is 3.06. The summed E-state index contributed by atoms with van der Waals surface area (Å²) < 4.78 is 1.13. The van der Waals surface area contributed by atoms with Crippen LogP contribution < -0.4 is 5.32 Å². The van der Waals surface area contributed by atoms with E-state index in [9.17, 15) is 4.79 Å². The number of hydrogen-bond acceptors (Lipinski definition) is 3. The van der Waals surface area contributed by atoms with Crippen molar-refractivity contribution in [2.75, 3.05) is 6.61 Å². The van der Waals surface area contributed by atoms with Crippen molar-refractivity contribution < 1.29 is 9.90 Å². The molecule has 0 fully saturated rings. The summed E-state index contributed by atoms with van der Waals surface area (Å²) in [4.78, 5) is 12.8. The van der Waals surface area contributed by atoms with Gasteiger partial charge in [0.25, 0.3) is 0 Å². The third-order valence-electron chi connectivity index (χ3n) is 2.53. The minimum absolute atomic E-state index is 0.0140. The summed E-state index contributed by atoms with van der Waals surface area (Å²) in [5.74, 6) is 0.0292. The molecule has 0 bridgehead atoms. The number of rotatable bonds is 7. The number of thiophene rings is 1. The van der Waals surface area contributed by atoms with Gasteiger partial charge in [0.15, 0.2) is 0 Å². The highest BCUT2D eigenvalue weighted by molar-refractivity contribution is 9.11. The number of hydrogen-bond donors (Lipinski definition) is 2. The summed E-state index contributed by atoms with van der Waals surface area (Å²) in [7, 11) is 0. The van der Waals surface area contributed by atoms with Crippen LogP contribution in [0.3, 0.4) is 0 Å². The quantitative estimate of drug-likeness (QED) is 0.811. The number of halogens is 1. The standard InChI is InChI=1S/C12H18BrNO2S/c1-2-9(8-15)14-12(16)5-3-4-10-6-7-11(13)17-10/h6-7,9,15H,2-5,8H2,1H3,(H,14,16)/t9-/m1/s1. The Morgan fingerprint density at radius 1 is 1.59 bits per heavy atom. The van der Waals surface area contributed by atoms with Gasteiger partial charge >= 0.3 is 0 Å². The minimum atomic E-state index is -0.0987. The van der Waals surface area contributed by atoms with Gasteiger partial charge in [-0.05, 0) is 47.3 Å². The molecule has 2 N–H and O–H groups in total. The van der Waals surface area contributed by atoms with Gasteiger partial charge < -0.3 is 10.4 Å². The van der Waals surface area contributed by atoms with Crippen LogP contribution in [0.25, 0.3) is 0 Å². The fourth-order valence-corrected chi connectivity index (χ4v) is 3.01. The van der Waals surface area contributed by atoms with Gasteiger partial charge in [0.1, 0.15) is 0 Å². The van der Waals surface area contributed by atoms with E-state index in [2.05, 4.69) is 27.3 Å². The molecular formula is C12H18BrNO2S. The summed E-state index contributed by atoms with van der Waals surface area (Å²) in [5, 5.41) is 11.8. The normalized spacial score (nSPS) is 12.4. The topological polar surface area (TPSA) is 49.3 Å². The zero-order valence-electron chi connectivity index (χ0n) is 9.91. The van der Waals surface area contributed by atoms with Crippen LogP contribution in [-0.2, 0) is 11.2 Å². The third kappa shape index (κ3) is 5.66. The molecule has 0 unspecified atom stereocenters. The molecule has 0 radical (unpaired) electrons. The van der Waals surface area contributed by atoms with Crippen molar-refractivity contribution in [3.8, 4) is 0 Å². The predicted octanol–water partition coefficient (Wildman–Crippen LogP) is 2.72. The summed E-state index contributed by atoms with van der Waals surface area (Å²) in [6, 6.07) is 4.01. The third-order valence-corrected chi connectivity index (χ3v) is 4.22. The molecule has 5 heteroatoms. The SMILES string of the molecule is CC[C@H](CO)NC(=O)CCCc1ccc(Br)s1. The Labute approximate surface area is 114 Å². The lowest BCUT2D eigenvalue weighted by molar-refractivity contribution is -0.122. The molecule has 3 nitrogen and oxygen atoms in total. The Bertz CT molecular complexity index is 350. The van der Waals surface area contributed by atoms with Gasteiger partial charge in [-0.25, -0.2) is 0 Å². The number of carbonyl (C=O) groups is 1. The van der Waals surface area contributed by atoms with E-state index in [1.165, 1.54) is 4.88 Å². The lowest BCUT2D eigenvalue weighted by Gasteiger charge is -2.13. The van der Waals surface area contributed by atoms with Crippen LogP contribution in [-0.4, -0.2) is 23.7 Å². The van der Waals surface area contributed by atoms with Crippen LogP contribution >= 0.6 is 27.3 Å². The molecule has 17 heavy (non-hydrogen) atoms. The first-order chi connectivity index (χ1) is 8.15. The van der Waals surface area contributed by atoms with Gasteiger partial charge in [-0.2, -0.15) is 0 Å². The van der Waals surface area contributed by atoms with E-state index >= 15 is 0 Å². The highest BCUT2D eigenvalue weighted by Gasteiger charge is 2.08. The van der Waals surface area contributed by atoms with Crippen LogP contribution in [0.15, 0.2) is 15.9 Å². The van der Waals surface area contributed by atoms with Gasteiger partial charge in [-0.3, -0.25) is 4.79 Å². The summed E-state index contributed by atoms with van der Waals surface area (Å²) in [5.41, 5.74) is 0. The highest BCUT2D eigenvalue weighted by atomic mass is 79.9. The predicted molar refractivity (Wildman–Crippen MR) is 74.3 cm³/mol. The van der Waals surface area contributed by atoms with Crippen molar-refractivity contribution in [3.63, 3.8) is 0 Å². The average molecular weight is 320 g/mol. The van der Waals surface area contributed by atoms with Crippen LogP contribution in [0.2, 0.25) is 0 Å². The number of carbonyl (C=O) groups excluding carboxylic acids is 1. The zero-order chi connectivity index (χ0) is 12.7. The van der Waals surface area contributed by atoms with Gasteiger partial charge in [-0.1, -0.05) is 6.92 Å². The Hall–Kier alpha value is -0.390. The van der Waals surface area contributed by atoms with E-state index in [0.29, 0.717) is 6.42 Å². The molecule has 1 aromatic heterocycles. The van der Waals surface area contributed by atoms with Crippen LogP contribution in [0.1, 0.15) is 31.1 Å². The van der Waals surface area contributed by atoms with Crippen LogP contribution in [0, 0.1) is 0 Å². The van der Waals surface area contributed by atoms with Gasteiger partial charge in [-0.15, -0.1) is 11.3 Å². The maximum atomic E-state index is 11.5. The lowest BCUT2D eigenvalue weighted by atomic mass is 10.2. The first-order valence-electron chi connectivity index (χ1n) is 5.80. The second-order valence-corrected chi connectivity index (χ2v) is 6.46. The van der Waals surface area contributed by atoms with E-state index < -0.39 is 0 Å². The first kappa shape index (κ1) is 14.7. The van der Waals surface area contributed by atoms with Gasteiger partial charge in [0.2, 0.25) is 5.91 Å². The second kappa shape index (κ2) is 7.84. The first-order valence-corrected chi connectivity index (χ1v) is 7.41. The van der Waals surface area contributed by atoms with Crippen molar-refractivity contribution >= 4 is 33.2 Å². The molecule has 96 valence electrons. The van der Waals surface area contributed by atoms with E-state index in [4.69, 9.17) is 5.11 Å². The van der Waals surface area contributed by atoms with Crippen molar-refractivity contribution in [1.82, 2.24) is 5.32 Å². The number of aliphatic hydroxyl groups excluding tert-OH is 1. The van der Waals surface area contributed by atoms with Crippen molar-refractivity contribution in [2.45, 2.75) is 38.6 Å². The number of nitrogens with one attached hydrogen (secondary N) is 1. The fraction of sp³-hybridized carbons (Fsp3) is 0.583. The van der Waals surface area contributed by atoms with Crippen molar-refractivity contribution in [1.29, 1.82) is 0 Å². The largest absolute Gasteiger partial charge is 0.394 e. The Balaban J connectivity index is 2.20. The van der Waals surface area contributed by atoms with E-state index in [1.807, 2.05) is 13.0 Å². The molecule has 1 atom stereocenters. The van der Waals surface area contributed by atoms with E-state index in [-0.39, 0.29) is 18.6 Å². The highest BCUT2D eigenvalue weighted by Crippen LogP contribution is 2.23. The molecule has 1 heterocycles. The van der Waals surface area contributed by atoms with E-state index in [1.54, 1.807) is 11.3 Å². The molecule has 1 amide bonds. The molecule has 1 rings (SSSR count). The Morgan fingerprint density at radius 2 is 2.35 bits per heavy atom. The molecule has 0 spiro atoms. The lowest BCUT2D eigenvalue weighted by Crippen LogP contribution is -2.36. The number of aliphatic hydroxyl groups is 1. The number of amides is 1. The van der Waals surface area contributed by atoms with Crippen molar-refractivity contribution in [2.24, 2.45) is 0 Å². The summed E-state index contributed by atoms with van der Waals surface area (Å²) >= 11 is 5.12. The fourth-order valence-electron chi connectivity index (χ4n) is 1.49.